The first-order valence-electron chi connectivity index (χ1n) is 7.48. The van der Waals surface area contributed by atoms with E-state index in [9.17, 15) is 9.59 Å². The molecule has 0 saturated carbocycles. The molecule has 2 aromatic rings. The van der Waals surface area contributed by atoms with Gasteiger partial charge >= 0.3 is 0 Å². The van der Waals surface area contributed by atoms with Gasteiger partial charge < -0.3 is 5.32 Å². The molecule has 0 aliphatic carbocycles. The van der Waals surface area contributed by atoms with Crippen molar-refractivity contribution in [2.75, 3.05) is 6.54 Å². The van der Waals surface area contributed by atoms with Crippen molar-refractivity contribution in [1.29, 1.82) is 0 Å². The van der Waals surface area contributed by atoms with Gasteiger partial charge in [-0.3, -0.25) is 14.2 Å². The van der Waals surface area contributed by atoms with E-state index in [-0.39, 0.29) is 11.5 Å². The van der Waals surface area contributed by atoms with E-state index < -0.39 is 0 Å². The molecule has 0 radical (unpaired) electrons. The molecule has 116 valence electrons. The molecule has 0 unspecified atom stereocenters. The largest absolute Gasteiger partial charge is 0.354 e. The maximum Gasteiger partial charge on any atom is 0.256 e. The molecule has 1 N–H and O–H groups in total. The maximum absolute atomic E-state index is 11.8. The lowest BCUT2D eigenvalue weighted by atomic mass is 10.1. The van der Waals surface area contributed by atoms with Crippen molar-refractivity contribution >= 4 is 5.91 Å². The van der Waals surface area contributed by atoms with Gasteiger partial charge in [-0.2, -0.15) is 0 Å². The highest BCUT2D eigenvalue weighted by atomic mass is 16.1. The summed E-state index contributed by atoms with van der Waals surface area (Å²) < 4.78 is 1.51. The molecular weight excluding hydrogens is 278 g/mol. The van der Waals surface area contributed by atoms with Crippen LogP contribution in [0.1, 0.15) is 24.0 Å². The van der Waals surface area contributed by atoms with E-state index in [1.54, 1.807) is 13.1 Å². The first-order valence-corrected chi connectivity index (χ1v) is 7.48. The highest BCUT2D eigenvalue weighted by molar-refractivity contribution is 5.75. The van der Waals surface area contributed by atoms with E-state index in [4.69, 9.17) is 0 Å². The van der Waals surface area contributed by atoms with Crippen LogP contribution in [0, 0.1) is 6.92 Å². The van der Waals surface area contributed by atoms with Crippen molar-refractivity contribution in [3.05, 3.63) is 64.3 Å². The number of amides is 1. The summed E-state index contributed by atoms with van der Waals surface area (Å²) in [4.78, 5) is 27.5. The van der Waals surface area contributed by atoms with E-state index in [1.807, 2.05) is 18.2 Å². The van der Waals surface area contributed by atoms with Gasteiger partial charge in [-0.15, -0.1) is 0 Å². The second-order valence-corrected chi connectivity index (χ2v) is 5.26. The summed E-state index contributed by atoms with van der Waals surface area (Å²) in [5.74, 6) is 0.0181. The van der Waals surface area contributed by atoms with Crippen molar-refractivity contribution < 1.29 is 4.79 Å². The number of aromatic nitrogens is 2. The number of rotatable bonds is 7. The number of nitrogens with zero attached hydrogens (tertiary/aromatic N) is 2. The zero-order valence-corrected chi connectivity index (χ0v) is 12.8. The van der Waals surface area contributed by atoms with E-state index in [1.165, 1.54) is 16.5 Å². The Labute approximate surface area is 130 Å². The van der Waals surface area contributed by atoms with Crippen LogP contribution < -0.4 is 10.9 Å². The topological polar surface area (TPSA) is 64.0 Å². The minimum absolute atomic E-state index is 0.0181. The molecule has 5 nitrogen and oxygen atoms in total. The van der Waals surface area contributed by atoms with E-state index >= 15 is 0 Å². The summed E-state index contributed by atoms with van der Waals surface area (Å²) in [7, 11) is 0. The zero-order valence-electron chi connectivity index (χ0n) is 12.8. The van der Waals surface area contributed by atoms with Crippen LogP contribution in [0.5, 0.6) is 0 Å². The van der Waals surface area contributed by atoms with Crippen LogP contribution in [-0.2, 0) is 17.8 Å². The molecule has 0 fully saturated rings. The molecule has 0 aliphatic heterocycles. The average molecular weight is 299 g/mol. The number of hydrogen-bond donors (Lipinski definition) is 1. The maximum atomic E-state index is 11.8. The molecule has 0 aliphatic rings. The fourth-order valence-electron chi connectivity index (χ4n) is 2.22. The van der Waals surface area contributed by atoms with E-state index in [2.05, 4.69) is 22.4 Å². The monoisotopic (exact) mass is 299 g/mol. The molecule has 5 heteroatoms. The summed E-state index contributed by atoms with van der Waals surface area (Å²) in [5, 5.41) is 2.84. The van der Waals surface area contributed by atoms with Gasteiger partial charge in [0, 0.05) is 31.3 Å². The summed E-state index contributed by atoms with van der Waals surface area (Å²) in [6.07, 6.45) is 5.26. The molecule has 0 spiro atoms. The molecule has 0 saturated heterocycles. The first-order chi connectivity index (χ1) is 10.7. The molecule has 1 amide bonds. The van der Waals surface area contributed by atoms with Crippen molar-refractivity contribution in [2.45, 2.75) is 32.7 Å². The van der Waals surface area contributed by atoms with Crippen LogP contribution in [-0.4, -0.2) is 22.0 Å². The number of aryl methyl sites for hydroxylation is 2. The Bertz CT molecular complexity index is 665. The van der Waals surface area contributed by atoms with Crippen molar-refractivity contribution in [2.24, 2.45) is 0 Å². The number of benzene rings is 1. The Morgan fingerprint density at radius 3 is 2.82 bits per heavy atom. The third kappa shape index (κ3) is 4.84. The molecule has 0 bridgehead atoms. The van der Waals surface area contributed by atoms with E-state index in [0.29, 0.717) is 25.1 Å². The second-order valence-electron chi connectivity index (χ2n) is 5.26. The Morgan fingerprint density at radius 2 is 2.05 bits per heavy atom. The van der Waals surface area contributed by atoms with Gasteiger partial charge in [-0.25, -0.2) is 4.98 Å². The van der Waals surface area contributed by atoms with Crippen LogP contribution in [0.4, 0.5) is 0 Å². The van der Waals surface area contributed by atoms with Crippen LogP contribution in [0.15, 0.2) is 47.7 Å². The van der Waals surface area contributed by atoms with Crippen molar-refractivity contribution in [3.63, 3.8) is 0 Å². The highest BCUT2D eigenvalue weighted by Crippen LogP contribution is 2.04. The molecule has 22 heavy (non-hydrogen) atoms. The molecule has 1 aromatic heterocycles. The SMILES string of the molecule is Cc1cncn(CCNC(=O)CCCc2ccccc2)c1=O. The number of carbonyl (C=O) groups is 1. The number of nitrogens with one attached hydrogen (secondary N) is 1. The van der Waals surface area contributed by atoms with E-state index in [0.717, 1.165) is 12.8 Å². The molecule has 1 aromatic carbocycles. The van der Waals surface area contributed by atoms with Crippen LogP contribution in [0.3, 0.4) is 0 Å². The summed E-state index contributed by atoms with van der Waals surface area (Å²) in [6, 6.07) is 10.1. The fourth-order valence-corrected chi connectivity index (χ4v) is 2.22. The predicted molar refractivity (Wildman–Crippen MR) is 85.6 cm³/mol. The quantitative estimate of drug-likeness (QED) is 0.846. The first kappa shape index (κ1) is 15.9. The van der Waals surface area contributed by atoms with Gasteiger partial charge in [-0.05, 0) is 25.3 Å². The van der Waals surface area contributed by atoms with Gasteiger partial charge in [0.15, 0.2) is 0 Å². The lowest BCUT2D eigenvalue weighted by molar-refractivity contribution is -0.121. The highest BCUT2D eigenvalue weighted by Gasteiger charge is 2.03. The number of hydrogen-bond acceptors (Lipinski definition) is 3. The molecule has 1 heterocycles. The van der Waals surface area contributed by atoms with Gasteiger partial charge in [0.05, 0.1) is 6.33 Å². The van der Waals surface area contributed by atoms with Crippen molar-refractivity contribution in [1.82, 2.24) is 14.9 Å². The van der Waals surface area contributed by atoms with Crippen LogP contribution >= 0.6 is 0 Å². The van der Waals surface area contributed by atoms with Crippen molar-refractivity contribution in [3.8, 4) is 0 Å². The standard InChI is InChI=1S/C17H21N3O2/c1-14-12-18-13-20(17(14)22)11-10-19-16(21)9-5-8-15-6-3-2-4-7-15/h2-4,6-7,12-13H,5,8-11H2,1H3,(H,19,21). The summed E-state index contributed by atoms with van der Waals surface area (Å²) in [5.41, 5.74) is 1.79. The molecular formula is C17H21N3O2. The Morgan fingerprint density at radius 1 is 1.27 bits per heavy atom. The van der Waals surface area contributed by atoms with Gasteiger partial charge in [0.2, 0.25) is 5.91 Å². The predicted octanol–water partition coefficient (Wildman–Crippen LogP) is 1.69. The fraction of sp³-hybridized carbons (Fsp3) is 0.353. The van der Waals surface area contributed by atoms with Gasteiger partial charge in [0.1, 0.15) is 0 Å². The van der Waals surface area contributed by atoms with Crippen LogP contribution in [0.2, 0.25) is 0 Å². The van der Waals surface area contributed by atoms with Gasteiger partial charge in [-0.1, -0.05) is 30.3 Å². The third-order valence-electron chi connectivity index (χ3n) is 3.46. The Hall–Kier alpha value is -2.43. The Balaban J connectivity index is 1.68. The second kappa shape index (κ2) is 8.12. The zero-order chi connectivity index (χ0) is 15.8. The third-order valence-corrected chi connectivity index (χ3v) is 3.46. The minimum Gasteiger partial charge on any atom is -0.354 e. The molecule has 2 rings (SSSR count). The average Bonchev–Trinajstić information content (AvgIpc) is 2.52. The number of carbonyl (C=O) groups excluding carboxylic acids is 1. The summed E-state index contributed by atoms with van der Waals surface area (Å²) >= 11 is 0. The molecule has 0 atom stereocenters. The summed E-state index contributed by atoms with van der Waals surface area (Å²) in [6.45, 7) is 2.61. The normalized spacial score (nSPS) is 10.4. The Kier molecular flexibility index (Phi) is 5.89. The lowest BCUT2D eigenvalue weighted by Crippen LogP contribution is -2.31. The minimum atomic E-state index is -0.0617. The van der Waals surface area contributed by atoms with Gasteiger partial charge in [0.25, 0.3) is 5.56 Å². The van der Waals surface area contributed by atoms with Crippen LogP contribution in [0.25, 0.3) is 0 Å². The smallest absolute Gasteiger partial charge is 0.256 e. The lowest BCUT2D eigenvalue weighted by Gasteiger charge is -2.07.